The third-order valence-corrected chi connectivity index (χ3v) is 4.80. The lowest BCUT2D eigenvalue weighted by Crippen LogP contribution is -2.40. The molecule has 0 spiro atoms. The van der Waals surface area contributed by atoms with Gasteiger partial charge in [0.2, 0.25) is 5.95 Å². The van der Waals surface area contributed by atoms with Crippen molar-refractivity contribution < 1.29 is 4.39 Å². The Morgan fingerprint density at radius 2 is 2.00 bits per heavy atom. The first-order chi connectivity index (χ1) is 14.0. The maximum atomic E-state index is 14.1. The molecular formula is C20H21FN8. The summed E-state index contributed by atoms with van der Waals surface area (Å²) in [4.78, 5) is 11.3. The number of nitrogen functional groups attached to an aromatic ring is 1. The highest BCUT2D eigenvalue weighted by molar-refractivity contribution is 5.70. The van der Waals surface area contributed by atoms with Gasteiger partial charge in [0.15, 0.2) is 5.69 Å². The molecule has 1 aromatic carbocycles. The van der Waals surface area contributed by atoms with Crippen molar-refractivity contribution in [3.8, 4) is 23.1 Å². The number of aryl methyl sites for hydroxylation is 1. The molecule has 148 valence electrons. The molecule has 0 atom stereocenters. The van der Waals surface area contributed by atoms with Gasteiger partial charge in [-0.25, -0.2) is 14.4 Å². The summed E-state index contributed by atoms with van der Waals surface area (Å²) in [7, 11) is 1.77. The first kappa shape index (κ1) is 18.8. The molecule has 4 rings (SSSR count). The number of rotatable bonds is 2. The number of anilines is 2. The molecule has 29 heavy (non-hydrogen) atoms. The summed E-state index contributed by atoms with van der Waals surface area (Å²) in [5, 5.41) is 7.82. The average Bonchev–Trinajstić information content (AvgIpc) is 3.14. The average molecular weight is 392 g/mol. The molecule has 3 heterocycles. The number of nitrogens with two attached hydrogens (primary N) is 2. The van der Waals surface area contributed by atoms with Crippen molar-refractivity contribution in [1.29, 1.82) is 0 Å². The van der Waals surface area contributed by atoms with Crippen LogP contribution in [0.15, 0.2) is 30.6 Å². The van der Waals surface area contributed by atoms with E-state index < -0.39 is 5.82 Å². The molecule has 8 nitrogen and oxygen atoms in total. The van der Waals surface area contributed by atoms with Gasteiger partial charge in [0.25, 0.3) is 0 Å². The van der Waals surface area contributed by atoms with Gasteiger partial charge >= 0.3 is 0 Å². The number of benzene rings is 1. The van der Waals surface area contributed by atoms with Gasteiger partial charge < -0.3 is 16.4 Å². The fourth-order valence-corrected chi connectivity index (χ4v) is 3.15. The van der Waals surface area contributed by atoms with Gasteiger partial charge in [0.05, 0.1) is 23.1 Å². The first-order valence-electron chi connectivity index (χ1n) is 9.31. The molecular weight excluding hydrogens is 371 g/mol. The van der Waals surface area contributed by atoms with Gasteiger partial charge in [-0.2, -0.15) is 0 Å². The summed E-state index contributed by atoms with van der Waals surface area (Å²) in [6, 6.07) is 4.81. The smallest absolute Gasteiger partial charge is 0.225 e. The Labute approximate surface area is 167 Å². The number of hydrogen-bond donors (Lipinski definition) is 2. The van der Waals surface area contributed by atoms with E-state index in [1.54, 1.807) is 30.2 Å². The van der Waals surface area contributed by atoms with Crippen LogP contribution in [0.4, 0.5) is 16.0 Å². The largest absolute Gasteiger partial charge is 0.396 e. The van der Waals surface area contributed by atoms with E-state index in [4.69, 9.17) is 16.5 Å². The maximum absolute atomic E-state index is 14.1. The van der Waals surface area contributed by atoms with Crippen LogP contribution in [0.3, 0.4) is 0 Å². The zero-order chi connectivity index (χ0) is 20.4. The van der Waals surface area contributed by atoms with Gasteiger partial charge in [-0.1, -0.05) is 17.2 Å². The van der Waals surface area contributed by atoms with E-state index in [-0.39, 0.29) is 11.7 Å². The minimum Gasteiger partial charge on any atom is -0.396 e. The highest BCUT2D eigenvalue weighted by atomic mass is 19.1. The SMILES string of the molecule is Cn1cc(C#Cc2cnc(N3CCC(N)CC3)nc2-c2ccc(N)c(F)c2)nn1. The number of hydrogen-bond acceptors (Lipinski definition) is 7. The standard InChI is InChI=1S/C20H21FN8/c1-28-12-16(26-27-28)4-2-14-11-24-20(29-8-6-15(22)7-9-29)25-19(14)13-3-5-18(23)17(21)10-13/h3,5,10-12,15H,6-9,22-23H2,1H3. The predicted octanol–water partition coefficient (Wildman–Crippen LogP) is 1.32. The molecule has 0 unspecified atom stereocenters. The molecule has 1 saturated heterocycles. The summed E-state index contributed by atoms with van der Waals surface area (Å²) >= 11 is 0. The van der Waals surface area contributed by atoms with Crippen LogP contribution in [0.2, 0.25) is 0 Å². The van der Waals surface area contributed by atoms with Crippen LogP contribution in [0, 0.1) is 17.7 Å². The van der Waals surface area contributed by atoms with Crippen molar-refractivity contribution >= 4 is 11.6 Å². The van der Waals surface area contributed by atoms with Gasteiger partial charge in [-0.3, -0.25) is 4.68 Å². The van der Waals surface area contributed by atoms with Crippen LogP contribution < -0.4 is 16.4 Å². The fraction of sp³-hybridized carbons (Fsp3) is 0.300. The Morgan fingerprint density at radius 3 is 2.69 bits per heavy atom. The second-order valence-electron chi connectivity index (χ2n) is 7.02. The Bertz CT molecular complexity index is 1090. The van der Waals surface area contributed by atoms with Crippen molar-refractivity contribution in [1.82, 2.24) is 25.0 Å². The molecule has 4 N–H and O–H groups in total. The summed E-state index contributed by atoms with van der Waals surface area (Å²) < 4.78 is 15.7. The highest BCUT2D eigenvalue weighted by Crippen LogP contribution is 2.26. The first-order valence-corrected chi connectivity index (χ1v) is 9.31. The zero-order valence-corrected chi connectivity index (χ0v) is 16.0. The van der Waals surface area contributed by atoms with Crippen molar-refractivity contribution in [3.63, 3.8) is 0 Å². The Balaban J connectivity index is 1.75. The normalized spacial score (nSPS) is 14.5. The third kappa shape index (κ3) is 4.17. The molecule has 0 saturated carbocycles. The van der Waals surface area contributed by atoms with E-state index in [1.807, 2.05) is 0 Å². The number of halogens is 1. The van der Waals surface area contributed by atoms with Gasteiger partial charge in [0.1, 0.15) is 5.82 Å². The van der Waals surface area contributed by atoms with Crippen molar-refractivity contribution in [2.45, 2.75) is 18.9 Å². The number of nitrogens with zero attached hydrogens (tertiary/aromatic N) is 6. The topological polar surface area (TPSA) is 112 Å². The molecule has 0 radical (unpaired) electrons. The van der Waals surface area contributed by atoms with E-state index in [0.29, 0.717) is 28.5 Å². The molecule has 1 aliphatic heterocycles. The Morgan fingerprint density at radius 1 is 1.21 bits per heavy atom. The van der Waals surface area contributed by atoms with Crippen LogP contribution in [0.25, 0.3) is 11.3 Å². The Hall–Kier alpha value is -3.51. The fourth-order valence-electron chi connectivity index (χ4n) is 3.15. The van der Waals surface area contributed by atoms with E-state index in [1.165, 1.54) is 12.1 Å². The van der Waals surface area contributed by atoms with Crippen molar-refractivity contribution in [2.75, 3.05) is 23.7 Å². The molecule has 2 aromatic heterocycles. The number of aromatic nitrogens is 5. The summed E-state index contributed by atoms with van der Waals surface area (Å²) in [5.41, 5.74) is 13.9. The highest BCUT2D eigenvalue weighted by Gasteiger charge is 2.20. The third-order valence-electron chi connectivity index (χ3n) is 4.80. The molecule has 1 fully saturated rings. The van der Waals surface area contributed by atoms with E-state index in [9.17, 15) is 4.39 Å². The lowest BCUT2D eigenvalue weighted by atomic mass is 10.1. The molecule has 0 bridgehead atoms. The number of piperidine rings is 1. The van der Waals surface area contributed by atoms with E-state index in [2.05, 4.69) is 32.0 Å². The summed E-state index contributed by atoms with van der Waals surface area (Å²) in [5.74, 6) is 6.06. The van der Waals surface area contributed by atoms with E-state index >= 15 is 0 Å². The lowest BCUT2D eigenvalue weighted by Gasteiger charge is -2.30. The van der Waals surface area contributed by atoms with Crippen LogP contribution in [-0.2, 0) is 7.05 Å². The van der Waals surface area contributed by atoms with Crippen molar-refractivity contribution in [2.24, 2.45) is 12.8 Å². The molecule has 3 aromatic rings. The molecule has 1 aliphatic rings. The minimum atomic E-state index is -0.501. The molecule has 0 aliphatic carbocycles. The molecule has 0 amide bonds. The van der Waals surface area contributed by atoms with Gasteiger partial charge in [0, 0.05) is 37.9 Å². The predicted molar refractivity (Wildman–Crippen MR) is 108 cm³/mol. The second-order valence-corrected chi connectivity index (χ2v) is 7.02. The van der Waals surface area contributed by atoms with Gasteiger partial charge in [-0.15, -0.1) is 5.10 Å². The minimum absolute atomic E-state index is 0.0836. The monoisotopic (exact) mass is 392 g/mol. The second kappa shape index (κ2) is 7.85. The summed E-state index contributed by atoms with van der Waals surface area (Å²) in [6.07, 6.45) is 5.12. The zero-order valence-electron chi connectivity index (χ0n) is 16.0. The van der Waals surface area contributed by atoms with Crippen LogP contribution in [0.1, 0.15) is 24.1 Å². The van der Waals surface area contributed by atoms with Crippen LogP contribution >= 0.6 is 0 Å². The van der Waals surface area contributed by atoms with Gasteiger partial charge in [-0.05, 0) is 30.9 Å². The van der Waals surface area contributed by atoms with Crippen LogP contribution in [-0.4, -0.2) is 44.1 Å². The Kier molecular flexibility index (Phi) is 5.10. The quantitative estimate of drug-likeness (QED) is 0.500. The van der Waals surface area contributed by atoms with Crippen LogP contribution in [0.5, 0.6) is 0 Å². The van der Waals surface area contributed by atoms with Crippen molar-refractivity contribution in [3.05, 3.63) is 47.7 Å². The summed E-state index contributed by atoms with van der Waals surface area (Å²) in [6.45, 7) is 1.56. The molecule has 9 heteroatoms. The van der Waals surface area contributed by atoms with E-state index in [0.717, 1.165) is 25.9 Å². The maximum Gasteiger partial charge on any atom is 0.225 e. The lowest BCUT2D eigenvalue weighted by molar-refractivity contribution is 0.495.